The van der Waals surface area contributed by atoms with Crippen molar-refractivity contribution in [2.24, 2.45) is 0 Å². The van der Waals surface area contributed by atoms with Gasteiger partial charge in [-0.1, -0.05) is 17.9 Å². The van der Waals surface area contributed by atoms with Gasteiger partial charge in [0.15, 0.2) is 0 Å². The first-order valence-electron chi connectivity index (χ1n) is 4.74. The van der Waals surface area contributed by atoms with Crippen LogP contribution in [0.5, 0.6) is 5.75 Å². The zero-order valence-corrected chi connectivity index (χ0v) is 9.67. The summed E-state index contributed by atoms with van der Waals surface area (Å²) in [4.78, 5) is 10.8. The maximum Gasteiger partial charge on any atom is 0.221 e. The van der Waals surface area contributed by atoms with E-state index in [4.69, 9.17) is 16.3 Å². The van der Waals surface area contributed by atoms with Crippen LogP contribution in [0, 0.1) is 11.8 Å². The van der Waals surface area contributed by atoms with Gasteiger partial charge in [-0.2, -0.15) is 0 Å². The van der Waals surface area contributed by atoms with E-state index in [2.05, 4.69) is 17.2 Å². The molecule has 0 fully saturated rings. The van der Waals surface area contributed by atoms with E-state index in [1.165, 1.54) is 6.92 Å². The van der Waals surface area contributed by atoms with Crippen molar-refractivity contribution in [3.8, 4) is 17.6 Å². The van der Waals surface area contributed by atoms with Gasteiger partial charge in [-0.25, -0.2) is 0 Å². The Bertz CT molecular complexity index is 421. The average molecular weight is 238 g/mol. The number of carbonyl (C=O) groups excluding carboxylic acids is 1. The van der Waals surface area contributed by atoms with Gasteiger partial charge < -0.3 is 10.1 Å². The Hall–Kier alpha value is -1.66. The Balaban J connectivity index is 2.56. The molecule has 0 bridgehead atoms. The highest BCUT2D eigenvalue weighted by Gasteiger charge is 1.97. The molecule has 0 aliphatic rings. The third-order valence-corrected chi connectivity index (χ3v) is 1.79. The number of halogens is 1. The smallest absolute Gasteiger partial charge is 0.221 e. The molecule has 0 heterocycles. The van der Waals surface area contributed by atoms with Crippen LogP contribution in [0.3, 0.4) is 0 Å². The monoisotopic (exact) mass is 237 g/mol. The summed E-state index contributed by atoms with van der Waals surface area (Å²) in [7, 11) is 0. The number of ether oxygens (including phenoxy) is 1. The zero-order chi connectivity index (χ0) is 11.8. The highest BCUT2D eigenvalue weighted by molar-refractivity contribution is 6.19. The number of hydrogen-bond acceptors (Lipinski definition) is 2. The fraction of sp³-hybridized carbons (Fsp3) is 0.250. The van der Waals surface area contributed by atoms with E-state index in [1.807, 2.05) is 0 Å². The van der Waals surface area contributed by atoms with E-state index >= 15 is 0 Å². The second-order valence-corrected chi connectivity index (χ2v) is 3.25. The highest BCUT2D eigenvalue weighted by atomic mass is 35.5. The van der Waals surface area contributed by atoms with Crippen LogP contribution < -0.4 is 10.1 Å². The number of anilines is 1. The largest absolute Gasteiger partial charge is 0.481 e. The maximum atomic E-state index is 10.8. The van der Waals surface area contributed by atoms with Crippen molar-refractivity contribution in [2.75, 3.05) is 17.8 Å². The molecule has 0 aliphatic heterocycles. The second-order valence-electron chi connectivity index (χ2n) is 2.98. The van der Waals surface area contributed by atoms with Gasteiger partial charge in [-0.3, -0.25) is 4.79 Å². The Labute approximate surface area is 99.7 Å². The molecule has 3 nitrogen and oxygen atoms in total. The molecule has 1 rings (SSSR count). The molecule has 0 saturated carbocycles. The number of amides is 1. The van der Waals surface area contributed by atoms with Crippen LogP contribution in [0.2, 0.25) is 0 Å². The summed E-state index contributed by atoms with van der Waals surface area (Å²) in [6.45, 7) is 1.75. The van der Waals surface area contributed by atoms with Crippen molar-refractivity contribution >= 4 is 23.2 Å². The number of hydrogen-bond donors (Lipinski definition) is 1. The minimum absolute atomic E-state index is 0.112. The molecule has 1 aromatic rings. The van der Waals surface area contributed by atoms with Crippen molar-refractivity contribution in [2.45, 2.75) is 6.92 Å². The summed E-state index contributed by atoms with van der Waals surface area (Å²) >= 11 is 5.39. The van der Waals surface area contributed by atoms with Crippen LogP contribution in [0.15, 0.2) is 24.3 Å². The lowest BCUT2D eigenvalue weighted by Crippen LogP contribution is -2.05. The van der Waals surface area contributed by atoms with Gasteiger partial charge >= 0.3 is 0 Å². The quantitative estimate of drug-likeness (QED) is 0.647. The predicted octanol–water partition coefficient (Wildman–Crippen LogP) is 2.27. The van der Waals surface area contributed by atoms with E-state index in [0.717, 1.165) is 0 Å². The van der Waals surface area contributed by atoms with Crippen molar-refractivity contribution in [1.82, 2.24) is 0 Å². The van der Waals surface area contributed by atoms with Crippen LogP contribution in [-0.2, 0) is 4.79 Å². The Kier molecular flexibility index (Phi) is 5.24. The van der Waals surface area contributed by atoms with E-state index in [-0.39, 0.29) is 12.5 Å². The van der Waals surface area contributed by atoms with E-state index in [0.29, 0.717) is 17.3 Å². The minimum atomic E-state index is -0.112. The Morgan fingerprint density at radius 3 is 3.00 bits per heavy atom. The molecule has 0 unspecified atom stereocenters. The molecule has 0 saturated heterocycles. The molecule has 1 amide bonds. The van der Waals surface area contributed by atoms with Gasteiger partial charge in [0, 0.05) is 18.7 Å². The van der Waals surface area contributed by atoms with Crippen molar-refractivity contribution in [3.63, 3.8) is 0 Å². The first-order chi connectivity index (χ1) is 7.72. The summed E-state index contributed by atoms with van der Waals surface area (Å²) in [5, 5.41) is 2.67. The first-order valence-corrected chi connectivity index (χ1v) is 5.28. The fourth-order valence-electron chi connectivity index (χ4n) is 1.08. The van der Waals surface area contributed by atoms with Gasteiger partial charge in [0.25, 0.3) is 0 Å². The number of nitrogens with one attached hydrogen (secondary N) is 1. The van der Waals surface area contributed by atoms with E-state index in [9.17, 15) is 4.79 Å². The van der Waals surface area contributed by atoms with Gasteiger partial charge in [-0.05, 0) is 12.1 Å². The highest BCUT2D eigenvalue weighted by Crippen LogP contribution is 2.16. The van der Waals surface area contributed by atoms with Crippen molar-refractivity contribution < 1.29 is 9.53 Å². The number of benzene rings is 1. The zero-order valence-electron chi connectivity index (χ0n) is 8.92. The lowest BCUT2D eigenvalue weighted by atomic mass is 10.3. The van der Waals surface area contributed by atoms with E-state index in [1.54, 1.807) is 24.3 Å². The third kappa shape index (κ3) is 4.72. The normalized spacial score (nSPS) is 8.88. The van der Waals surface area contributed by atoms with Gasteiger partial charge in [-0.15, -0.1) is 11.6 Å². The van der Waals surface area contributed by atoms with E-state index < -0.39 is 0 Å². The number of carbonyl (C=O) groups is 1. The summed E-state index contributed by atoms with van der Waals surface area (Å²) in [5.74, 6) is 6.29. The molecule has 0 atom stereocenters. The lowest BCUT2D eigenvalue weighted by molar-refractivity contribution is -0.114. The third-order valence-electron chi connectivity index (χ3n) is 1.66. The molecular formula is C12H12ClNO2. The molecule has 84 valence electrons. The van der Waals surface area contributed by atoms with Crippen molar-refractivity contribution in [1.29, 1.82) is 0 Å². The predicted molar refractivity (Wildman–Crippen MR) is 64.7 cm³/mol. The molecule has 4 heteroatoms. The van der Waals surface area contributed by atoms with Crippen LogP contribution in [0.25, 0.3) is 0 Å². The molecule has 1 aromatic carbocycles. The van der Waals surface area contributed by atoms with Gasteiger partial charge in [0.2, 0.25) is 5.91 Å². The standard InChI is InChI=1S/C12H12ClNO2/c1-10(15)14-11-5-4-6-12(9-11)16-8-3-2-7-13/h4-6,9H,7-8H2,1H3,(H,14,15). The number of rotatable bonds is 3. The molecule has 0 aromatic heterocycles. The van der Waals surface area contributed by atoms with Crippen LogP contribution in [0.4, 0.5) is 5.69 Å². The molecule has 16 heavy (non-hydrogen) atoms. The Morgan fingerprint density at radius 1 is 1.50 bits per heavy atom. The topological polar surface area (TPSA) is 38.3 Å². The molecular weight excluding hydrogens is 226 g/mol. The summed E-state index contributed by atoms with van der Waals surface area (Å²) < 4.78 is 5.35. The second kappa shape index (κ2) is 6.76. The molecule has 0 aliphatic carbocycles. The first kappa shape index (κ1) is 12.4. The molecule has 0 spiro atoms. The summed E-state index contributed by atoms with van der Waals surface area (Å²) in [6.07, 6.45) is 0. The van der Waals surface area contributed by atoms with Crippen molar-refractivity contribution in [3.05, 3.63) is 24.3 Å². The average Bonchev–Trinajstić information content (AvgIpc) is 2.24. The minimum Gasteiger partial charge on any atom is -0.481 e. The SMILES string of the molecule is CC(=O)Nc1cccc(OCC#CCCl)c1. The summed E-state index contributed by atoms with van der Waals surface area (Å²) in [6, 6.07) is 7.13. The lowest BCUT2D eigenvalue weighted by Gasteiger charge is -2.05. The fourth-order valence-corrected chi connectivity index (χ4v) is 1.18. The van der Waals surface area contributed by atoms with Crippen LogP contribution in [0.1, 0.15) is 6.92 Å². The van der Waals surface area contributed by atoms with Crippen LogP contribution >= 0.6 is 11.6 Å². The summed E-state index contributed by atoms with van der Waals surface area (Å²) in [5.41, 5.74) is 0.704. The Morgan fingerprint density at radius 2 is 2.31 bits per heavy atom. The molecule has 0 radical (unpaired) electrons. The van der Waals surface area contributed by atoms with Crippen LogP contribution in [-0.4, -0.2) is 18.4 Å². The number of alkyl halides is 1. The van der Waals surface area contributed by atoms with Gasteiger partial charge in [0.1, 0.15) is 12.4 Å². The molecule has 1 N–H and O–H groups in total. The van der Waals surface area contributed by atoms with Gasteiger partial charge in [0.05, 0.1) is 5.88 Å². The maximum absolute atomic E-state index is 10.8.